The summed E-state index contributed by atoms with van der Waals surface area (Å²) < 4.78 is 11.2. The normalized spacial score (nSPS) is 11.5. The fourth-order valence-corrected chi connectivity index (χ4v) is 7.41. The van der Waals surface area contributed by atoms with Crippen LogP contribution in [0.3, 0.4) is 0 Å². The summed E-state index contributed by atoms with van der Waals surface area (Å²) >= 11 is 0. The molecule has 0 aliphatic rings. The van der Waals surface area contributed by atoms with Gasteiger partial charge in [-0.25, -0.2) is 9.59 Å². The maximum atomic E-state index is 12.9. The van der Waals surface area contributed by atoms with Gasteiger partial charge in [0.05, 0.1) is 24.3 Å². The second kappa shape index (κ2) is 38.0. The third kappa shape index (κ3) is 28.5. The summed E-state index contributed by atoms with van der Waals surface area (Å²) in [4.78, 5) is 30.9. The van der Waals surface area contributed by atoms with E-state index in [-0.39, 0.29) is 0 Å². The van der Waals surface area contributed by atoms with Crippen molar-refractivity contribution in [1.82, 2.24) is 9.80 Å². The summed E-state index contributed by atoms with van der Waals surface area (Å²) in [5.74, 6) is -0.884. The second-order valence-electron chi connectivity index (χ2n) is 15.9. The van der Waals surface area contributed by atoms with Crippen LogP contribution in [0.4, 0.5) is 0 Å². The van der Waals surface area contributed by atoms with E-state index in [0.29, 0.717) is 24.3 Å². The number of ether oxygens (including phenoxy) is 2. The highest BCUT2D eigenvalue weighted by atomic mass is 16.5. The van der Waals surface area contributed by atoms with Gasteiger partial charge >= 0.3 is 11.9 Å². The van der Waals surface area contributed by atoms with E-state index in [2.05, 4.69) is 37.5 Å². The third-order valence-corrected chi connectivity index (χ3v) is 11.1. The van der Waals surface area contributed by atoms with Crippen molar-refractivity contribution in [2.24, 2.45) is 0 Å². The smallest absolute Gasteiger partial charge is 0.339 e. The van der Waals surface area contributed by atoms with Gasteiger partial charge in [-0.05, 0) is 89.9 Å². The number of esters is 2. The van der Waals surface area contributed by atoms with E-state index in [9.17, 15) is 9.59 Å². The van der Waals surface area contributed by atoms with Gasteiger partial charge in [-0.1, -0.05) is 181 Å². The molecule has 0 heterocycles. The Balaban J connectivity index is 2.14. The highest BCUT2D eigenvalue weighted by Gasteiger charge is 2.19. The molecule has 0 atom stereocenters. The van der Waals surface area contributed by atoms with Crippen molar-refractivity contribution in [3.63, 3.8) is 0 Å². The average Bonchev–Trinajstić information content (AvgIpc) is 3.19. The van der Waals surface area contributed by atoms with E-state index in [1.54, 1.807) is 24.3 Å². The standard InChI is InChI=1S/C48H88N2O4/c1-5-9-11-13-15-17-19-21-23-25-27-31-39-49(7-3)41-33-35-43-53-47(51)45-37-29-30-38-46(45)48(52)54-44-36-34-42-50(8-4)40-32-28-26-24-22-20-18-16-14-12-10-6-2/h29-30,37-38H,5-28,31-36,39-44H2,1-4H3. The quantitative estimate of drug-likeness (QED) is 0.0491. The summed E-state index contributed by atoms with van der Waals surface area (Å²) in [5.41, 5.74) is 0.591. The highest BCUT2D eigenvalue weighted by molar-refractivity contribution is 6.03. The zero-order valence-electron chi connectivity index (χ0n) is 36.3. The van der Waals surface area contributed by atoms with Crippen LogP contribution in [0, 0.1) is 0 Å². The van der Waals surface area contributed by atoms with Crippen molar-refractivity contribution in [1.29, 1.82) is 0 Å². The lowest BCUT2D eigenvalue weighted by Gasteiger charge is -2.20. The largest absolute Gasteiger partial charge is 0.462 e. The Labute approximate surface area is 335 Å². The average molecular weight is 757 g/mol. The molecule has 0 saturated carbocycles. The van der Waals surface area contributed by atoms with Gasteiger partial charge in [-0.3, -0.25) is 0 Å². The minimum atomic E-state index is -0.442. The number of nitrogens with zero attached hydrogens (tertiary/aromatic N) is 2. The lowest BCUT2D eigenvalue weighted by molar-refractivity contribution is 0.0448. The van der Waals surface area contributed by atoms with Gasteiger partial charge in [0.2, 0.25) is 0 Å². The fourth-order valence-electron chi connectivity index (χ4n) is 7.41. The highest BCUT2D eigenvalue weighted by Crippen LogP contribution is 2.16. The van der Waals surface area contributed by atoms with Gasteiger partial charge in [0.25, 0.3) is 0 Å². The van der Waals surface area contributed by atoms with Crippen LogP contribution in [0.1, 0.15) is 228 Å². The monoisotopic (exact) mass is 757 g/mol. The first-order valence-corrected chi connectivity index (χ1v) is 23.4. The van der Waals surface area contributed by atoms with Crippen LogP contribution in [0.2, 0.25) is 0 Å². The molecular formula is C48H88N2O4. The first kappa shape index (κ1) is 50.1. The van der Waals surface area contributed by atoms with Crippen LogP contribution in [0.25, 0.3) is 0 Å². The number of hydrogen-bond donors (Lipinski definition) is 0. The van der Waals surface area contributed by atoms with Gasteiger partial charge in [0.15, 0.2) is 0 Å². The molecule has 0 spiro atoms. The molecule has 0 N–H and O–H groups in total. The van der Waals surface area contributed by atoms with Crippen LogP contribution in [0.15, 0.2) is 24.3 Å². The first-order chi connectivity index (χ1) is 26.6. The molecule has 54 heavy (non-hydrogen) atoms. The van der Waals surface area contributed by atoms with Crippen molar-refractivity contribution >= 4 is 11.9 Å². The Morgan fingerprint density at radius 2 is 0.648 bits per heavy atom. The van der Waals surface area contributed by atoms with Crippen LogP contribution < -0.4 is 0 Å². The zero-order valence-corrected chi connectivity index (χ0v) is 36.3. The second-order valence-corrected chi connectivity index (χ2v) is 15.9. The van der Waals surface area contributed by atoms with E-state index in [1.807, 2.05) is 0 Å². The maximum Gasteiger partial charge on any atom is 0.339 e. The van der Waals surface area contributed by atoms with E-state index in [0.717, 1.165) is 65.0 Å². The van der Waals surface area contributed by atoms with E-state index >= 15 is 0 Å². The molecule has 0 fully saturated rings. The lowest BCUT2D eigenvalue weighted by atomic mass is 10.1. The Kier molecular flexibility index (Phi) is 35.2. The number of hydrogen-bond acceptors (Lipinski definition) is 6. The number of carbonyl (C=O) groups excluding carboxylic acids is 2. The van der Waals surface area contributed by atoms with E-state index in [4.69, 9.17) is 9.47 Å². The van der Waals surface area contributed by atoms with Crippen molar-refractivity contribution in [2.45, 2.75) is 207 Å². The minimum Gasteiger partial charge on any atom is -0.462 e. The van der Waals surface area contributed by atoms with Crippen LogP contribution >= 0.6 is 0 Å². The molecule has 6 heteroatoms. The summed E-state index contributed by atoms with van der Waals surface area (Å²) in [6, 6.07) is 6.89. The van der Waals surface area contributed by atoms with Gasteiger partial charge in [-0.15, -0.1) is 0 Å². The SMILES string of the molecule is CCCCCCCCCCCCCCN(CC)CCCCOC(=O)c1ccccc1C(=O)OCCCCN(CC)CCCCCCCCCCCCCC. The zero-order chi connectivity index (χ0) is 39.2. The Morgan fingerprint density at radius 1 is 0.389 bits per heavy atom. The molecule has 0 radical (unpaired) electrons. The summed E-state index contributed by atoms with van der Waals surface area (Å²) in [5, 5.41) is 0. The first-order valence-electron chi connectivity index (χ1n) is 23.4. The van der Waals surface area contributed by atoms with Crippen molar-refractivity contribution in [2.75, 3.05) is 52.5 Å². The Bertz CT molecular complexity index is 908. The fraction of sp³-hybridized carbons (Fsp3) is 0.833. The molecule has 0 aromatic heterocycles. The molecule has 0 aliphatic carbocycles. The summed E-state index contributed by atoms with van der Waals surface area (Å²) in [6.45, 7) is 16.3. The van der Waals surface area contributed by atoms with Crippen LogP contribution in [-0.2, 0) is 9.47 Å². The number of unbranched alkanes of at least 4 members (excludes halogenated alkanes) is 24. The maximum absolute atomic E-state index is 12.9. The van der Waals surface area contributed by atoms with Crippen LogP contribution in [0.5, 0.6) is 0 Å². The molecule has 314 valence electrons. The van der Waals surface area contributed by atoms with Gasteiger partial charge in [0.1, 0.15) is 0 Å². The molecule has 1 rings (SSSR count). The molecule has 0 aliphatic heterocycles. The summed E-state index contributed by atoms with van der Waals surface area (Å²) in [6.07, 6.45) is 36.7. The molecule has 1 aromatic rings. The lowest BCUT2D eigenvalue weighted by Crippen LogP contribution is -2.26. The Hall–Kier alpha value is -1.92. The van der Waals surface area contributed by atoms with E-state index < -0.39 is 11.9 Å². The minimum absolute atomic E-state index is 0.296. The van der Waals surface area contributed by atoms with Gasteiger partial charge in [-0.2, -0.15) is 0 Å². The van der Waals surface area contributed by atoms with Crippen molar-refractivity contribution in [3.8, 4) is 0 Å². The molecular weight excluding hydrogens is 669 g/mol. The number of rotatable bonds is 40. The van der Waals surface area contributed by atoms with Crippen LogP contribution in [-0.4, -0.2) is 74.2 Å². The predicted octanol–water partition coefficient (Wildman–Crippen LogP) is 13.6. The molecule has 0 saturated heterocycles. The van der Waals surface area contributed by atoms with Gasteiger partial charge in [0, 0.05) is 0 Å². The summed E-state index contributed by atoms with van der Waals surface area (Å²) in [7, 11) is 0. The molecule has 6 nitrogen and oxygen atoms in total. The molecule has 1 aromatic carbocycles. The molecule has 0 bridgehead atoms. The number of benzene rings is 1. The predicted molar refractivity (Wildman–Crippen MR) is 232 cm³/mol. The van der Waals surface area contributed by atoms with Crippen molar-refractivity contribution < 1.29 is 19.1 Å². The topological polar surface area (TPSA) is 59.1 Å². The van der Waals surface area contributed by atoms with Gasteiger partial charge < -0.3 is 19.3 Å². The van der Waals surface area contributed by atoms with Crippen molar-refractivity contribution in [3.05, 3.63) is 35.4 Å². The number of carbonyl (C=O) groups is 2. The third-order valence-electron chi connectivity index (χ3n) is 11.1. The Morgan fingerprint density at radius 3 is 0.926 bits per heavy atom. The van der Waals surface area contributed by atoms with E-state index in [1.165, 1.54) is 154 Å². The molecule has 0 amide bonds. The molecule has 0 unspecified atom stereocenters.